The molecule has 21 heavy (non-hydrogen) atoms. The van der Waals surface area contributed by atoms with E-state index in [1.807, 2.05) is 0 Å². The maximum atomic E-state index is 12.9. The van der Waals surface area contributed by atoms with E-state index in [9.17, 15) is 9.59 Å². The number of hydrogen-bond donors (Lipinski definition) is 0. The van der Waals surface area contributed by atoms with E-state index in [4.69, 9.17) is 0 Å². The first-order chi connectivity index (χ1) is 9.97. The van der Waals surface area contributed by atoms with E-state index < -0.39 is 0 Å². The van der Waals surface area contributed by atoms with Gasteiger partial charge in [-0.05, 0) is 55.3 Å². The highest BCUT2D eigenvalue weighted by Crippen LogP contribution is 2.64. The Morgan fingerprint density at radius 2 is 1.76 bits per heavy atom. The summed E-state index contributed by atoms with van der Waals surface area (Å²) in [5, 5.41) is 0. The molecule has 0 radical (unpaired) electrons. The fourth-order valence-corrected chi connectivity index (χ4v) is 6.74. The predicted molar refractivity (Wildman–Crippen MR) is 81.7 cm³/mol. The first-order valence-electron chi connectivity index (χ1n) is 9.03. The van der Waals surface area contributed by atoms with Crippen molar-refractivity contribution < 1.29 is 9.59 Å². The van der Waals surface area contributed by atoms with Crippen molar-refractivity contribution in [2.24, 2.45) is 34.5 Å². The molecule has 0 bridgehead atoms. The van der Waals surface area contributed by atoms with Crippen molar-refractivity contribution >= 4 is 11.6 Å². The Balaban J connectivity index is 1.72. The lowest BCUT2D eigenvalue weighted by molar-refractivity contribution is -0.156. The highest BCUT2D eigenvalue weighted by atomic mass is 16.1. The Morgan fingerprint density at radius 3 is 2.57 bits per heavy atom. The third-order valence-electron chi connectivity index (χ3n) is 8.10. The fourth-order valence-electron chi connectivity index (χ4n) is 6.74. The van der Waals surface area contributed by atoms with E-state index in [1.165, 1.54) is 25.7 Å². The average molecular weight is 288 g/mol. The number of carbonyl (C=O) groups is 2. The van der Waals surface area contributed by atoms with E-state index in [0.29, 0.717) is 34.7 Å². The second-order valence-corrected chi connectivity index (χ2v) is 8.78. The predicted octanol–water partition coefficient (Wildman–Crippen LogP) is 4.17. The molecular formula is C19H28O2. The highest BCUT2D eigenvalue weighted by Gasteiger charge is 2.62. The van der Waals surface area contributed by atoms with Gasteiger partial charge >= 0.3 is 0 Å². The van der Waals surface area contributed by atoms with Gasteiger partial charge in [-0.25, -0.2) is 0 Å². The van der Waals surface area contributed by atoms with Crippen molar-refractivity contribution in [3.8, 4) is 0 Å². The molecule has 0 saturated heterocycles. The molecule has 0 heterocycles. The SMILES string of the molecule is C[C@]12CCCC[C@@H]1CC(=O)[C@@H]1[C@@H]2CC[C@]2(C)C(=O)CC[C@@H]12. The van der Waals surface area contributed by atoms with Crippen LogP contribution in [0, 0.1) is 34.5 Å². The summed E-state index contributed by atoms with van der Waals surface area (Å²) in [6.07, 6.45) is 9.86. The van der Waals surface area contributed by atoms with Crippen LogP contribution in [0.1, 0.15) is 71.6 Å². The van der Waals surface area contributed by atoms with Crippen LogP contribution >= 0.6 is 0 Å². The van der Waals surface area contributed by atoms with Gasteiger partial charge in [0, 0.05) is 24.2 Å². The van der Waals surface area contributed by atoms with E-state index in [0.717, 1.165) is 32.1 Å². The summed E-state index contributed by atoms with van der Waals surface area (Å²) in [4.78, 5) is 25.3. The van der Waals surface area contributed by atoms with E-state index in [1.54, 1.807) is 0 Å². The van der Waals surface area contributed by atoms with Gasteiger partial charge in [0.25, 0.3) is 0 Å². The number of ketones is 2. The van der Waals surface area contributed by atoms with Gasteiger partial charge in [0.05, 0.1) is 0 Å². The summed E-state index contributed by atoms with van der Waals surface area (Å²) in [7, 11) is 0. The summed E-state index contributed by atoms with van der Waals surface area (Å²) in [6, 6.07) is 0. The number of rotatable bonds is 0. The number of carbonyl (C=O) groups excluding carboxylic acids is 2. The lowest BCUT2D eigenvalue weighted by atomic mass is 9.45. The molecule has 0 N–H and O–H groups in total. The van der Waals surface area contributed by atoms with Gasteiger partial charge < -0.3 is 0 Å². The molecule has 0 aromatic rings. The van der Waals surface area contributed by atoms with Crippen LogP contribution in [0.5, 0.6) is 0 Å². The van der Waals surface area contributed by atoms with Gasteiger partial charge in [-0.2, -0.15) is 0 Å². The lowest BCUT2D eigenvalue weighted by Crippen LogP contribution is -2.56. The minimum atomic E-state index is -0.172. The molecule has 4 fully saturated rings. The molecule has 2 nitrogen and oxygen atoms in total. The van der Waals surface area contributed by atoms with Gasteiger partial charge in [0.2, 0.25) is 0 Å². The highest BCUT2D eigenvalue weighted by molar-refractivity contribution is 5.90. The molecule has 0 aliphatic heterocycles. The Kier molecular flexibility index (Phi) is 2.94. The van der Waals surface area contributed by atoms with Crippen LogP contribution in [0.4, 0.5) is 0 Å². The molecule has 6 atom stereocenters. The molecule has 4 aliphatic rings. The molecular weight excluding hydrogens is 260 g/mol. The van der Waals surface area contributed by atoms with Crippen molar-refractivity contribution in [2.75, 3.05) is 0 Å². The number of Topliss-reactive ketones (excluding diaryl/α,β-unsaturated/α-hetero) is 2. The Bertz CT molecular complexity index is 496. The van der Waals surface area contributed by atoms with Crippen LogP contribution in [0.25, 0.3) is 0 Å². The van der Waals surface area contributed by atoms with Gasteiger partial charge in [0.1, 0.15) is 11.6 Å². The second kappa shape index (κ2) is 4.43. The van der Waals surface area contributed by atoms with Crippen molar-refractivity contribution in [3.63, 3.8) is 0 Å². The third kappa shape index (κ3) is 1.71. The van der Waals surface area contributed by atoms with Crippen molar-refractivity contribution in [1.82, 2.24) is 0 Å². The average Bonchev–Trinajstić information content (AvgIpc) is 2.76. The second-order valence-electron chi connectivity index (χ2n) is 8.78. The molecule has 0 aromatic carbocycles. The van der Waals surface area contributed by atoms with Crippen LogP contribution in [0.15, 0.2) is 0 Å². The Labute approximate surface area is 128 Å². The molecule has 0 unspecified atom stereocenters. The molecule has 2 heteroatoms. The summed E-state index contributed by atoms with van der Waals surface area (Å²) < 4.78 is 0. The minimum absolute atomic E-state index is 0.172. The van der Waals surface area contributed by atoms with Crippen LogP contribution in [0.3, 0.4) is 0 Å². The normalized spacial score (nSPS) is 53.0. The Morgan fingerprint density at radius 1 is 0.952 bits per heavy atom. The maximum Gasteiger partial charge on any atom is 0.139 e. The van der Waals surface area contributed by atoms with Crippen molar-refractivity contribution in [1.29, 1.82) is 0 Å². The molecule has 116 valence electrons. The van der Waals surface area contributed by atoms with Crippen molar-refractivity contribution in [2.45, 2.75) is 71.6 Å². The first kappa shape index (κ1) is 14.0. The van der Waals surface area contributed by atoms with Crippen LogP contribution < -0.4 is 0 Å². The van der Waals surface area contributed by atoms with E-state index in [2.05, 4.69) is 13.8 Å². The minimum Gasteiger partial charge on any atom is -0.299 e. The van der Waals surface area contributed by atoms with Gasteiger partial charge in [-0.3, -0.25) is 9.59 Å². The molecule has 0 amide bonds. The quantitative estimate of drug-likeness (QED) is 0.670. The Hall–Kier alpha value is -0.660. The zero-order valence-electron chi connectivity index (χ0n) is 13.5. The number of fused-ring (bicyclic) bond motifs is 5. The summed E-state index contributed by atoms with van der Waals surface area (Å²) >= 11 is 0. The zero-order valence-corrected chi connectivity index (χ0v) is 13.5. The van der Waals surface area contributed by atoms with E-state index >= 15 is 0 Å². The third-order valence-corrected chi connectivity index (χ3v) is 8.10. The molecule has 0 aromatic heterocycles. The van der Waals surface area contributed by atoms with Gasteiger partial charge in [-0.15, -0.1) is 0 Å². The molecule has 0 spiro atoms. The largest absolute Gasteiger partial charge is 0.299 e. The van der Waals surface area contributed by atoms with Gasteiger partial charge in [0.15, 0.2) is 0 Å². The number of hydrogen-bond acceptors (Lipinski definition) is 2. The smallest absolute Gasteiger partial charge is 0.139 e. The molecule has 4 rings (SSSR count). The maximum absolute atomic E-state index is 12.9. The summed E-state index contributed by atoms with van der Waals surface area (Å²) in [5.74, 6) is 2.70. The lowest BCUT2D eigenvalue weighted by Gasteiger charge is -2.58. The summed E-state index contributed by atoms with van der Waals surface area (Å²) in [6.45, 7) is 4.63. The van der Waals surface area contributed by atoms with Crippen LogP contribution in [0.2, 0.25) is 0 Å². The zero-order chi connectivity index (χ0) is 14.8. The van der Waals surface area contributed by atoms with E-state index in [-0.39, 0.29) is 11.3 Å². The molecule has 4 saturated carbocycles. The van der Waals surface area contributed by atoms with Crippen LogP contribution in [-0.2, 0) is 9.59 Å². The van der Waals surface area contributed by atoms with Crippen LogP contribution in [-0.4, -0.2) is 11.6 Å². The first-order valence-corrected chi connectivity index (χ1v) is 9.03. The standard InChI is InChI=1S/C19H28O2/c1-18-9-4-3-5-12(18)11-15(20)17-13-6-7-16(21)19(13,2)10-8-14(17)18/h12-14,17H,3-11H2,1-2H3/t12-,13+,14+,17+,18+,19+/m1/s1. The van der Waals surface area contributed by atoms with Crippen molar-refractivity contribution in [3.05, 3.63) is 0 Å². The topological polar surface area (TPSA) is 34.1 Å². The molecule has 4 aliphatic carbocycles. The fraction of sp³-hybridized carbons (Fsp3) is 0.895. The van der Waals surface area contributed by atoms with Gasteiger partial charge in [-0.1, -0.05) is 26.7 Å². The monoisotopic (exact) mass is 288 g/mol. The summed E-state index contributed by atoms with van der Waals surface area (Å²) in [5.41, 5.74) is 0.207.